The van der Waals surface area contributed by atoms with E-state index in [-0.39, 0.29) is 6.03 Å². The van der Waals surface area contributed by atoms with Gasteiger partial charge in [0.05, 0.1) is 6.61 Å². The van der Waals surface area contributed by atoms with E-state index < -0.39 is 0 Å². The van der Waals surface area contributed by atoms with Crippen LogP contribution in [-0.4, -0.2) is 44.4 Å². The second kappa shape index (κ2) is 12.0. The number of pyridine rings is 1. The number of carbonyl (C=O) groups excluding carboxylic acids is 1. The standard InChI is InChI=1S/C23H32N4O3/c1-29-14-15-30-21-8-6-19(7-9-21)17-25-23(28)26-18-20-10-11-24-22(16-20)27-12-4-2-3-5-13-27/h6-11,16H,2-5,12-15,17-18H2,1H3,(H2,25,26,28). The Morgan fingerprint density at radius 3 is 2.37 bits per heavy atom. The monoisotopic (exact) mass is 412 g/mol. The Bertz CT molecular complexity index is 774. The quantitative estimate of drug-likeness (QED) is 0.617. The zero-order valence-electron chi connectivity index (χ0n) is 17.7. The minimum absolute atomic E-state index is 0.191. The fraction of sp³-hybridized carbons (Fsp3) is 0.478. The first kappa shape index (κ1) is 21.9. The molecule has 3 rings (SSSR count). The molecule has 1 aromatic heterocycles. The van der Waals surface area contributed by atoms with Crippen molar-refractivity contribution in [3.8, 4) is 5.75 Å². The molecule has 1 aliphatic heterocycles. The first-order valence-electron chi connectivity index (χ1n) is 10.7. The molecule has 1 aliphatic rings. The number of urea groups is 1. The van der Waals surface area contributed by atoms with Gasteiger partial charge in [0.2, 0.25) is 0 Å². The number of hydrogen-bond donors (Lipinski definition) is 2. The summed E-state index contributed by atoms with van der Waals surface area (Å²) >= 11 is 0. The van der Waals surface area contributed by atoms with Crippen LogP contribution in [0.3, 0.4) is 0 Å². The van der Waals surface area contributed by atoms with Crippen molar-refractivity contribution in [2.24, 2.45) is 0 Å². The van der Waals surface area contributed by atoms with E-state index in [1.54, 1.807) is 7.11 Å². The SMILES string of the molecule is COCCOc1ccc(CNC(=O)NCc2ccnc(N3CCCCCC3)c2)cc1. The summed E-state index contributed by atoms with van der Waals surface area (Å²) in [4.78, 5) is 19.0. The molecule has 2 aromatic rings. The summed E-state index contributed by atoms with van der Waals surface area (Å²) in [6.07, 6.45) is 6.84. The van der Waals surface area contributed by atoms with Gasteiger partial charge in [0, 0.05) is 39.5 Å². The van der Waals surface area contributed by atoms with Crippen molar-refractivity contribution in [1.29, 1.82) is 0 Å². The number of methoxy groups -OCH3 is 1. The highest BCUT2D eigenvalue weighted by Gasteiger charge is 2.11. The van der Waals surface area contributed by atoms with Crippen molar-refractivity contribution in [2.45, 2.75) is 38.8 Å². The van der Waals surface area contributed by atoms with Crippen LogP contribution in [0.4, 0.5) is 10.6 Å². The van der Waals surface area contributed by atoms with E-state index in [0.29, 0.717) is 26.3 Å². The Morgan fingerprint density at radius 1 is 0.967 bits per heavy atom. The third kappa shape index (κ3) is 7.22. The van der Waals surface area contributed by atoms with E-state index in [0.717, 1.165) is 35.8 Å². The number of hydrogen-bond acceptors (Lipinski definition) is 5. The maximum Gasteiger partial charge on any atom is 0.315 e. The summed E-state index contributed by atoms with van der Waals surface area (Å²) in [6, 6.07) is 11.5. The first-order valence-corrected chi connectivity index (χ1v) is 10.7. The zero-order valence-corrected chi connectivity index (χ0v) is 17.7. The number of aromatic nitrogens is 1. The Morgan fingerprint density at radius 2 is 1.67 bits per heavy atom. The topological polar surface area (TPSA) is 75.7 Å². The molecule has 0 spiro atoms. The minimum Gasteiger partial charge on any atom is -0.491 e. The molecule has 0 unspecified atom stereocenters. The summed E-state index contributed by atoms with van der Waals surface area (Å²) in [5.41, 5.74) is 2.06. The number of anilines is 1. The lowest BCUT2D eigenvalue weighted by Crippen LogP contribution is -2.34. The average molecular weight is 413 g/mol. The number of carbonyl (C=O) groups is 1. The summed E-state index contributed by atoms with van der Waals surface area (Å²) < 4.78 is 10.5. The van der Waals surface area contributed by atoms with Gasteiger partial charge >= 0.3 is 6.03 Å². The Labute approximate surface area is 178 Å². The molecule has 30 heavy (non-hydrogen) atoms. The van der Waals surface area contributed by atoms with Crippen LogP contribution in [0.2, 0.25) is 0 Å². The molecule has 2 heterocycles. The van der Waals surface area contributed by atoms with Gasteiger partial charge in [0.1, 0.15) is 18.2 Å². The van der Waals surface area contributed by atoms with Crippen molar-refractivity contribution < 1.29 is 14.3 Å². The van der Waals surface area contributed by atoms with Gasteiger partial charge in [-0.25, -0.2) is 9.78 Å². The normalized spacial score (nSPS) is 14.1. The lowest BCUT2D eigenvalue weighted by molar-refractivity contribution is 0.146. The number of benzene rings is 1. The third-order valence-corrected chi connectivity index (χ3v) is 5.13. The molecule has 1 saturated heterocycles. The van der Waals surface area contributed by atoms with Crippen molar-refractivity contribution in [2.75, 3.05) is 38.3 Å². The maximum atomic E-state index is 12.2. The van der Waals surface area contributed by atoms with Gasteiger partial charge < -0.3 is 25.0 Å². The van der Waals surface area contributed by atoms with Gasteiger partial charge in [-0.2, -0.15) is 0 Å². The predicted molar refractivity (Wildman–Crippen MR) is 118 cm³/mol. The summed E-state index contributed by atoms with van der Waals surface area (Å²) in [7, 11) is 1.65. The predicted octanol–water partition coefficient (Wildman–Crippen LogP) is 3.49. The van der Waals surface area contributed by atoms with Crippen LogP contribution in [0.5, 0.6) is 5.75 Å². The Kier molecular flexibility index (Phi) is 8.78. The zero-order chi connectivity index (χ0) is 21.0. The molecule has 0 atom stereocenters. The number of ether oxygens (including phenoxy) is 2. The second-order valence-electron chi connectivity index (χ2n) is 7.44. The lowest BCUT2D eigenvalue weighted by Gasteiger charge is -2.21. The van der Waals surface area contributed by atoms with Crippen LogP contribution in [0, 0.1) is 0 Å². The van der Waals surface area contributed by atoms with Gasteiger partial charge in [-0.1, -0.05) is 25.0 Å². The molecule has 0 bridgehead atoms. The van der Waals surface area contributed by atoms with E-state index in [9.17, 15) is 4.79 Å². The van der Waals surface area contributed by atoms with Crippen molar-refractivity contribution in [1.82, 2.24) is 15.6 Å². The largest absolute Gasteiger partial charge is 0.491 e. The van der Waals surface area contributed by atoms with Gasteiger partial charge in [0.25, 0.3) is 0 Å². The van der Waals surface area contributed by atoms with E-state index in [1.807, 2.05) is 36.5 Å². The van der Waals surface area contributed by atoms with Crippen molar-refractivity contribution >= 4 is 11.8 Å². The second-order valence-corrected chi connectivity index (χ2v) is 7.44. The number of nitrogens with one attached hydrogen (secondary N) is 2. The van der Waals surface area contributed by atoms with E-state index in [4.69, 9.17) is 9.47 Å². The molecular formula is C23H32N4O3. The highest BCUT2D eigenvalue weighted by Crippen LogP contribution is 2.18. The molecule has 2 amide bonds. The highest BCUT2D eigenvalue weighted by atomic mass is 16.5. The number of amides is 2. The number of nitrogens with zero attached hydrogens (tertiary/aromatic N) is 2. The molecule has 0 radical (unpaired) electrons. The van der Waals surface area contributed by atoms with Crippen molar-refractivity contribution in [3.63, 3.8) is 0 Å². The lowest BCUT2D eigenvalue weighted by atomic mass is 10.2. The summed E-state index contributed by atoms with van der Waals surface area (Å²) in [5, 5.41) is 5.81. The molecule has 162 valence electrons. The van der Waals surface area contributed by atoms with Crippen LogP contribution in [0.25, 0.3) is 0 Å². The molecule has 1 aromatic carbocycles. The minimum atomic E-state index is -0.191. The average Bonchev–Trinajstić information content (AvgIpc) is 3.07. The molecular weight excluding hydrogens is 380 g/mol. The third-order valence-electron chi connectivity index (χ3n) is 5.13. The van der Waals surface area contributed by atoms with E-state index in [1.165, 1.54) is 25.7 Å². The number of rotatable bonds is 9. The highest BCUT2D eigenvalue weighted by molar-refractivity contribution is 5.73. The van der Waals surface area contributed by atoms with Gasteiger partial charge in [0.15, 0.2) is 0 Å². The van der Waals surface area contributed by atoms with Crippen LogP contribution in [0.15, 0.2) is 42.6 Å². The molecule has 7 heteroatoms. The Balaban J connectivity index is 1.41. The van der Waals surface area contributed by atoms with Crippen LogP contribution >= 0.6 is 0 Å². The molecule has 0 aliphatic carbocycles. The van der Waals surface area contributed by atoms with Gasteiger partial charge in [-0.05, 0) is 48.2 Å². The first-order chi connectivity index (χ1) is 14.7. The van der Waals surface area contributed by atoms with Crippen molar-refractivity contribution in [3.05, 3.63) is 53.7 Å². The molecule has 0 saturated carbocycles. The molecule has 7 nitrogen and oxygen atoms in total. The van der Waals surface area contributed by atoms with Gasteiger partial charge in [-0.15, -0.1) is 0 Å². The fourth-order valence-corrected chi connectivity index (χ4v) is 3.42. The summed E-state index contributed by atoms with van der Waals surface area (Å²) in [5.74, 6) is 1.79. The molecule has 1 fully saturated rings. The summed E-state index contributed by atoms with van der Waals surface area (Å²) in [6.45, 7) is 4.12. The van der Waals surface area contributed by atoms with Crippen LogP contribution < -0.4 is 20.3 Å². The molecule has 2 N–H and O–H groups in total. The Hall–Kier alpha value is -2.80. The van der Waals surface area contributed by atoms with E-state index in [2.05, 4.69) is 26.6 Å². The maximum absolute atomic E-state index is 12.2. The fourth-order valence-electron chi connectivity index (χ4n) is 3.42. The van der Waals surface area contributed by atoms with E-state index >= 15 is 0 Å². The van der Waals surface area contributed by atoms with Crippen LogP contribution in [-0.2, 0) is 17.8 Å². The smallest absolute Gasteiger partial charge is 0.315 e. The van der Waals surface area contributed by atoms with Crippen LogP contribution in [0.1, 0.15) is 36.8 Å². The van der Waals surface area contributed by atoms with Gasteiger partial charge in [-0.3, -0.25) is 0 Å².